The zero-order valence-corrected chi connectivity index (χ0v) is 21.3. The number of benzene rings is 1. The minimum atomic E-state index is 0.349. The van der Waals surface area contributed by atoms with E-state index in [0.29, 0.717) is 22.6 Å². The van der Waals surface area contributed by atoms with Crippen LogP contribution in [0.5, 0.6) is 0 Å². The monoisotopic (exact) mass is 499 g/mol. The summed E-state index contributed by atoms with van der Waals surface area (Å²) in [6, 6.07) is 6.50. The molecule has 0 atom stereocenters. The predicted octanol–water partition coefficient (Wildman–Crippen LogP) is 5.83. The van der Waals surface area contributed by atoms with Crippen LogP contribution in [0, 0.1) is 13.8 Å². The van der Waals surface area contributed by atoms with Crippen LogP contribution in [0.2, 0.25) is 10.0 Å². The van der Waals surface area contributed by atoms with Gasteiger partial charge in [-0.3, -0.25) is 0 Å². The lowest BCUT2D eigenvalue weighted by molar-refractivity contribution is 0.0843. The van der Waals surface area contributed by atoms with Crippen molar-refractivity contribution in [1.82, 2.24) is 14.6 Å². The first-order valence-corrected chi connectivity index (χ1v) is 12.8. The molecule has 0 bridgehead atoms. The number of halogens is 2. The molecule has 34 heavy (non-hydrogen) atoms. The zero-order chi connectivity index (χ0) is 23.8. The van der Waals surface area contributed by atoms with Crippen LogP contribution in [0.15, 0.2) is 24.3 Å². The van der Waals surface area contributed by atoms with Crippen LogP contribution in [0.1, 0.15) is 49.1 Å². The molecule has 0 spiro atoms. The molecule has 8 heteroatoms. The number of rotatable bonds is 6. The second-order valence-electron chi connectivity index (χ2n) is 9.21. The highest BCUT2D eigenvalue weighted by molar-refractivity contribution is 6.40. The number of ether oxygens (including phenoxy) is 1. The fourth-order valence-corrected chi connectivity index (χ4v) is 5.95. The normalized spacial score (nSPS) is 16.9. The molecule has 1 aromatic carbocycles. The van der Waals surface area contributed by atoms with E-state index in [4.69, 9.17) is 43.8 Å². The lowest BCUT2D eigenvalue weighted by atomic mass is 9.99. The predicted molar refractivity (Wildman–Crippen MR) is 140 cm³/mol. The Morgan fingerprint density at radius 2 is 1.85 bits per heavy atom. The van der Waals surface area contributed by atoms with Crippen molar-refractivity contribution in [3.63, 3.8) is 0 Å². The third kappa shape index (κ3) is 4.33. The Hall–Kier alpha value is -2.12. The third-order valence-electron chi connectivity index (χ3n) is 6.87. The molecule has 1 saturated heterocycles. The van der Waals surface area contributed by atoms with Gasteiger partial charge in [0.2, 0.25) is 0 Å². The van der Waals surface area contributed by atoms with Crippen LogP contribution >= 0.6 is 23.2 Å². The van der Waals surface area contributed by atoms with Crippen molar-refractivity contribution in [1.29, 1.82) is 0 Å². The number of fused-ring (bicyclic) bond motifs is 1. The van der Waals surface area contributed by atoms with Gasteiger partial charge in [-0.15, -0.1) is 0 Å². The number of aryl methyl sites for hydroxylation is 2. The second kappa shape index (κ2) is 9.86. The average molecular weight is 500 g/mol. The molecular weight excluding hydrogens is 469 g/mol. The molecule has 2 aromatic heterocycles. The molecule has 0 saturated carbocycles. The topological polar surface area (TPSA) is 68.7 Å². The van der Waals surface area contributed by atoms with Crippen molar-refractivity contribution in [3.05, 3.63) is 51.3 Å². The molecule has 180 valence electrons. The van der Waals surface area contributed by atoms with Gasteiger partial charge in [-0.05, 0) is 69.2 Å². The van der Waals surface area contributed by atoms with Gasteiger partial charge in [-0.1, -0.05) is 29.3 Å². The molecule has 1 fully saturated rings. The Morgan fingerprint density at radius 1 is 1.12 bits per heavy atom. The maximum absolute atomic E-state index is 6.87. The Bertz CT molecular complexity index is 1220. The Labute approximate surface area is 210 Å². The highest BCUT2D eigenvalue weighted by atomic mass is 35.5. The van der Waals surface area contributed by atoms with E-state index >= 15 is 0 Å². The number of anilines is 1. The summed E-state index contributed by atoms with van der Waals surface area (Å²) in [5, 5.41) is 6.17. The number of nitrogens with two attached hydrogens (primary N) is 1. The van der Waals surface area contributed by atoms with Crippen molar-refractivity contribution in [2.24, 2.45) is 5.73 Å². The van der Waals surface area contributed by atoms with E-state index in [0.717, 1.165) is 85.0 Å². The van der Waals surface area contributed by atoms with E-state index < -0.39 is 0 Å². The first-order valence-electron chi connectivity index (χ1n) is 12.1. The van der Waals surface area contributed by atoms with E-state index in [1.807, 2.05) is 30.5 Å². The number of nitrogens with zero attached hydrogens (tertiary/aromatic N) is 4. The van der Waals surface area contributed by atoms with E-state index in [1.54, 1.807) is 0 Å². The van der Waals surface area contributed by atoms with E-state index in [2.05, 4.69) is 17.0 Å². The maximum atomic E-state index is 6.87. The van der Waals surface area contributed by atoms with Crippen LogP contribution in [0.4, 0.5) is 5.82 Å². The Kier molecular flexibility index (Phi) is 6.85. The lowest BCUT2D eigenvalue weighted by Crippen LogP contribution is -2.43. The van der Waals surface area contributed by atoms with Gasteiger partial charge in [0.25, 0.3) is 0 Å². The standard InChI is InChI=1S/C26H31Cl2N5O/c1-16-13-23(32(10-9-29)20-7-11-34-12-8-20)33-26(30-16)24(17(2)31-33)25-21(27)14-19(15-22(25)28)18-5-3-4-6-18/h5,13-15,20H,3-4,6-12,29H2,1-2H3. The summed E-state index contributed by atoms with van der Waals surface area (Å²) in [6.07, 6.45) is 7.56. The first kappa shape index (κ1) is 23.6. The van der Waals surface area contributed by atoms with Crippen LogP contribution in [0.3, 0.4) is 0 Å². The van der Waals surface area contributed by atoms with Crippen molar-refractivity contribution in [2.75, 3.05) is 31.2 Å². The van der Waals surface area contributed by atoms with Crippen LogP contribution in [-0.4, -0.2) is 46.9 Å². The van der Waals surface area contributed by atoms with Crippen molar-refractivity contribution < 1.29 is 4.74 Å². The third-order valence-corrected chi connectivity index (χ3v) is 7.47. The van der Waals surface area contributed by atoms with Gasteiger partial charge >= 0.3 is 0 Å². The number of allylic oxidation sites excluding steroid dienone is 2. The summed E-state index contributed by atoms with van der Waals surface area (Å²) in [7, 11) is 0. The number of hydrogen-bond donors (Lipinski definition) is 1. The van der Waals surface area contributed by atoms with Crippen molar-refractivity contribution >= 4 is 40.2 Å². The fraction of sp³-hybridized carbons (Fsp3) is 0.462. The minimum absolute atomic E-state index is 0.349. The largest absolute Gasteiger partial charge is 0.381 e. The Morgan fingerprint density at radius 3 is 2.50 bits per heavy atom. The van der Waals surface area contributed by atoms with Crippen molar-refractivity contribution in [3.8, 4) is 11.1 Å². The summed E-state index contributed by atoms with van der Waals surface area (Å²) in [5.74, 6) is 0.995. The summed E-state index contributed by atoms with van der Waals surface area (Å²) >= 11 is 13.7. The van der Waals surface area contributed by atoms with Gasteiger partial charge in [0.05, 0.1) is 21.3 Å². The molecule has 1 aliphatic heterocycles. The molecule has 2 N–H and O–H groups in total. The molecule has 0 radical (unpaired) electrons. The van der Waals surface area contributed by atoms with Gasteiger partial charge in [-0.2, -0.15) is 9.61 Å². The molecule has 3 aromatic rings. The van der Waals surface area contributed by atoms with Crippen LogP contribution in [-0.2, 0) is 4.74 Å². The van der Waals surface area contributed by atoms with Crippen molar-refractivity contribution in [2.45, 2.75) is 52.0 Å². The van der Waals surface area contributed by atoms with Crippen LogP contribution in [0.25, 0.3) is 22.3 Å². The number of aromatic nitrogens is 3. The van der Waals surface area contributed by atoms with Gasteiger partial charge in [0.15, 0.2) is 5.65 Å². The highest BCUT2D eigenvalue weighted by Gasteiger charge is 2.27. The van der Waals surface area contributed by atoms with E-state index in [1.165, 1.54) is 12.0 Å². The summed E-state index contributed by atoms with van der Waals surface area (Å²) in [6.45, 7) is 6.82. The molecule has 3 heterocycles. The quantitative estimate of drug-likeness (QED) is 0.461. The molecule has 2 aliphatic rings. The van der Waals surface area contributed by atoms with Crippen LogP contribution < -0.4 is 10.6 Å². The van der Waals surface area contributed by atoms with Gasteiger partial charge in [-0.25, -0.2) is 4.98 Å². The maximum Gasteiger partial charge on any atom is 0.165 e. The number of hydrogen-bond acceptors (Lipinski definition) is 5. The van der Waals surface area contributed by atoms with E-state index in [9.17, 15) is 0 Å². The van der Waals surface area contributed by atoms with E-state index in [-0.39, 0.29) is 0 Å². The average Bonchev–Trinajstić information content (AvgIpc) is 3.46. The highest BCUT2D eigenvalue weighted by Crippen LogP contribution is 2.42. The van der Waals surface area contributed by atoms with Gasteiger partial charge in [0, 0.05) is 49.7 Å². The molecule has 6 nitrogen and oxygen atoms in total. The zero-order valence-electron chi connectivity index (χ0n) is 19.8. The molecule has 0 amide bonds. The fourth-order valence-electron chi connectivity index (χ4n) is 5.27. The van der Waals surface area contributed by atoms with Gasteiger partial charge in [0.1, 0.15) is 5.82 Å². The minimum Gasteiger partial charge on any atom is -0.381 e. The lowest BCUT2D eigenvalue weighted by Gasteiger charge is -2.35. The summed E-state index contributed by atoms with van der Waals surface area (Å²) in [5.41, 5.74) is 12.6. The molecule has 0 unspecified atom stereocenters. The van der Waals surface area contributed by atoms with Gasteiger partial charge < -0.3 is 15.4 Å². The first-order chi connectivity index (χ1) is 16.5. The SMILES string of the molecule is Cc1cc(N(CCN)C2CCOCC2)n2nc(C)c(-c3c(Cl)cc(C4=CCCC4)cc3Cl)c2n1. The second-order valence-corrected chi connectivity index (χ2v) is 10.0. The molecule has 1 aliphatic carbocycles. The smallest absolute Gasteiger partial charge is 0.165 e. The molecule has 5 rings (SSSR count). The summed E-state index contributed by atoms with van der Waals surface area (Å²) in [4.78, 5) is 7.25. The Balaban J connectivity index is 1.66. The summed E-state index contributed by atoms with van der Waals surface area (Å²) < 4.78 is 7.54. The molecular formula is C26H31Cl2N5O.